The molecule has 1 fully saturated rings. The van der Waals surface area contributed by atoms with Crippen molar-refractivity contribution in [3.05, 3.63) is 34.9 Å². The number of amides is 1. The Balaban J connectivity index is 2.25. The first-order valence-corrected chi connectivity index (χ1v) is 10.6. The van der Waals surface area contributed by atoms with E-state index in [0.717, 1.165) is 25.2 Å². The monoisotopic (exact) mass is 407 g/mol. The van der Waals surface area contributed by atoms with Gasteiger partial charge in [-0.25, -0.2) is 0 Å². The molecule has 3 N–H and O–H groups in total. The lowest BCUT2D eigenvalue weighted by molar-refractivity contribution is -0.124. The van der Waals surface area contributed by atoms with Gasteiger partial charge in [-0.2, -0.15) is 0 Å². The van der Waals surface area contributed by atoms with Crippen molar-refractivity contribution in [1.82, 2.24) is 10.2 Å². The van der Waals surface area contributed by atoms with Crippen LogP contribution in [0.15, 0.2) is 24.3 Å². The first kappa shape index (κ1) is 22.9. The third kappa shape index (κ3) is 5.56. The zero-order valence-electron chi connectivity index (χ0n) is 17.4. The van der Waals surface area contributed by atoms with Crippen molar-refractivity contribution in [2.75, 3.05) is 26.2 Å². The second-order valence-corrected chi connectivity index (χ2v) is 8.84. The Kier molecular flexibility index (Phi) is 8.05. The van der Waals surface area contributed by atoms with Crippen LogP contribution >= 0.6 is 11.6 Å². The van der Waals surface area contributed by atoms with Crippen LogP contribution in [-0.4, -0.2) is 48.3 Å². The van der Waals surface area contributed by atoms with Gasteiger partial charge in [-0.15, -0.1) is 0 Å². The van der Waals surface area contributed by atoms with Crippen molar-refractivity contribution in [2.24, 2.45) is 5.73 Å². The number of carbonyl (C=O) groups excluding carboxylic acids is 2. The molecule has 0 aliphatic carbocycles. The molecule has 28 heavy (non-hydrogen) atoms. The Morgan fingerprint density at radius 1 is 1.14 bits per heavy atom. The number of likely N-dealkylation sites (tertiary alicyclic amines) is 1. The highest BCUT2D eigenvalue weighted by Gasteiger charge is 2.40. The smallest absolute Gasteiger partial charge is 0.228 e. The zero-order chi connectivity index (χ0) is 20.8. The SMILES string of the molecule is CC(=O)C(C)(C)NCCC(CCN1CCCCC1)(C(N)=O)c1ccccc1Cl. The summed E-state index contributed by atoms with van der Waals surface area (Å²) in [6.45, 7) is 8.71. The Morgan fingerprint density at radius 3 is 2.36 bits per heavy atom. The molecule has 2 rings (SSSR count). The van der Waals surface area contributed by atoms with E-state index in [1.165, 1.54) is 19.3 Å². The van der Waals surface area contributed by atoms with Crippen LogP contribution in [0.2, 0.25) is 5.02 Å². The Labute approximate surface area is 174 Å². The number of nitrogens with one attached hydrogen (secondary N) is 1. The summed E-state index contributed by atoms with van der Waals surface area (Å²) in [6.07, 6.45) is 4.78. The standard InChI is InChI=1S/C22H34ClN3O2/c1-17(27)21(2,3)25-13-11-22(20(24)28,18-9-5-6-10-19(18)23)12-16-26-14-7-4-8-15-26/h5-6,9-10,25H,4,7-8,11-16H2,1-3H3,(H2,24,28). The number of rotatable bonds is 10. The van der Waals surface area contributed by atoms with E-state index in [4.69, 9.17) is 17.3 Å². The van der Waals surface area contributed by atoms with Gasteiger partial charge in [0.25, 0.3) is 0 Å². The molecule has 1 aromatic rings. The molecule has 1 aromatic carbocycles. The van der Waals surface area contributed by atoms with Crippen LogP contribution in [0.3, 0.4) is 0 Å². The van der Waals surface area contributed by atoms with Crippen molar-refractivity contribution >= 4 is 23.3 Å². The van der Waals surface area contributed by atoms with E-state index in [1.807, 2.05) is 38.1 Å². The van der Waals surface area contributed by atoms with Crippen molar-refractivity contribution < 1.29 is 9.59 Å². The van der Waals surface area contributed by atoms with Gasteiger partial charge in [0.05, 0.1) is 11.0 Å². The van der Waals surface area contributed by atoms with Gasteiger partial charge in [0.2, 0.25) is 5.91 Å². The Morgan fingerprint density at radius 2 is 1.79 bits per heavy atom. The maximum Gasteiger partial charge on any atom is 0.228 e. The molecule has 1 heterocycles. The fourth-order valence-corrected chi connectivity index (χ4v) is 4.18. The lowest BCUT2D eigenvalue weighted by Crippen LogP contribution is -2.50. The number of hydrogen-bond donors (Lipinski definition) is 2. The number of halogens is 1. The number of ketones is 1. The molecule has 1 aliphatic heterocycles. The summed E-state index contributed by atoms with van der Waals surface area (Å²) in [4.78, 5) is 27.0. The lowest BCUT2D eigenvalue weighted by atomic mass is 9.73. The Hall–Kier alpha value is -1.43. The average Bonchev–Trinajstić information content (AvgIpc) is 2.65. The van der Waals surface area contributed by atoms with Crippen molar-refractivity contribution in [3.8, 4) is 0 Å². The lowest BCUT2D eigenvalue weighted by Gasteiger charge is -2.36. The molecule has 1 saturated heterocycles. The zero-order valence-corrected chi connectivity index (χ0v) is 18.1. The van der Waals surface area contributed by atoms with Crippen LogP contribution in [0, 0.1) is 0 Å². The second kappa shape index (κ2) is 9.86. The first-order chi connectivity index (χ1) is 13.2. The topological polar surface area (TPSA) is 75.4 Å². The van der Waals surface area contributed by atoms with Gasteiger partial charge in [-0.1, -0.05) is 36.2 Å². The number of hydrogen-bond acceptors (Lipinski definition) is 4. The maximum absolute atomic E-state index is 12.8. The number of carbonyl (C=O) groups is 2. The number of primary amides is 1. The van der Waals surface area contributed by atoms with E-state index in [0.29, 0.717) is 24.4 Å². The quantitative estimate of drug-likeness (QED) is 0.624. The number of piperidine rings is 1. The largest absolute Gasteiger partial charge is 0.369 e. The van der Waals surface area contributed by atoms with Crippen molar-refractivity contribution in [2.45, 2.75) is 63.8 Å². The first-order valence-electron chi connectivity index (χ1n) is 10.2. The van der Waals surface area contributed by atoms with Crippen LogP contribution in [-0.2, 0) is 15.0 Å². The molecule has 1 atom stereocenters. The molecule has 0 bridgehead atoms. The third-order valence-electron chi connectivity index (χ3n) is 6.16. The summed E-state index contributed by atoms with van der Waals surface area (Å²) in [5, 5.41) is 3.84. The van der Waals surface area contributed by atoms with E-state index in [-0.39, 0.29) is 11.7 Å². The summed E-state index contributed by atoms with van der Waals surface area (Å²) in [5.74, 6) is -0.303. The summed E-state index contributed by atoms with van der Waals surface area (Å²) in [5.41, 5.74) is 5.26. The second-order valence-electron chi connectivity index (χ2n) is 8.44. The minimum atomic E-state index is -0.865. The van der Waals surface area contributed by atoms with E-state index in [1.54, 1.807) is 6.92 Å². The minimum Gasteiger partial charge on any atom is -0.369 e. The summed E-state index contributed by atoms with van der Waals surface area (Å²) < 4.78 is 0. The van der Waals surface area contributed by atoms with Crippen LogP contribution in [0.1, 0.15) is 58.4 Å². The number of Topliss-reactive ketones (excluding diaryl/α,β-unsaturated/α-hetero) is 1. The van der Waals surface area contributed by atoms with E-state index < -0.39 is 11.0 Å². The third-order valence-corrected chi connectivity index (χ3v) is 6.49. The molecular weight excluding hydrogens is 374 g/mol. The van der Waals surface area contributed by atoms with Crippen LogP contribution < -0.4 is 11.1 Å². The molecule has 1 unspecified atom stereocenters. The molecule has 1 aliphatic rings. The minimum absolute atomic E-state index is 0.0586. The normalized spacial score (nSPS) is 17.9. The maximum atomic E-state index is 12.8. The van der Waals surface area contributed by atoms with Gasteiger partial charge in [0.15, 0.2) is 0 Å². The molecule has 1 amide bonds. The highest BCUT2D eigenvalue weighted by atomic mass is 35.5. The molecule has 0 aromatic heterocycles. The molecule has 0 saturated carbocycles. The molecule has 6 heteroatoms. The fourth-order valence-electron chi connectivity index (χ4n) is 3.87. The average molecular weight is 408 g/mol. The molecular formula is C22H34ClN3O2. The fraction of sp³-hybridized carbons (Fsp3) is 0.636. The van der Waals surface area contributed by atoms with Gasteiger partial charge < -0.3 is 16.0 Å². The van der Waals surface area contributed by atoms with E-state index >= 15 is 0 Å². The Bertz CT molecular complexity index is 686. The van der Waals surface area contributed by atoms with Gasteiger partial charge in [-0.05, 0) is 84.3 Å². The summed E-state index contributed by atoms with van der Waals surface area (Å²) in [7, 11) is 0. The van der Waals surface area contributed by atoms with Crippen molar-refractivity contribution in [3.63, 3.8) is 0 Å². The predicted molar refractivity (Wildman–Crippen MR) is 115 cm³/mol. The van der Waals surface area contributed by atoms with Gasteiger partial charge in [-0.3, -0.25) is 9.59 Å². The molecule has 0 spiro atoms. The number of benzene rings is 1. The highest BCUT2D eigenvalue weighted by Crippen LogP contribution is 2.36. The van der Waals surface area contributed by atoms with Crippen LogP contribution in [0.5, 0.6) is 0 Å². The predicted octanol–water partition coefficient (Wildman–Crippen LogP) is 3.29. The van der Waals surface area contributed by atoms with Crippen LogP contribution in [0.4, 0.5) is 0 Å². The van der Waals surface area contributed by atoms with E-state index in [2.05, 4.69) is 10.2 Å². The van der Waals surface area contributed by atoms with Gasteiger partial charge in [0.1, 0.15) is 5.78 Å². The molecule has 5 nitrogen and oxygen atoms in total. The highest BCUT2D eigenvalue weighted by molar-refractivity contribution is 6.31. The number of nitrogens with two attached hydrogens (primary N) is 1. The summed E-state index contributed by atoms with van der Waals surface area (Å²) in [6, 6.07) is 7.47. The van der Waals surface area contributed by atoms with E-state index in [9.17, 15) is 9.59 Å². The van der Waals surface area contributed by atoms with Gasteiger partial charge in [0, 0.05) is 5.02 Å². The van der Waals surface area contributed by atoms with Gasteiger partial charge >= 0.3 is 0 Å². The summed E-state index contributed by atoms with van der Waals surface area (Å²) >= 11 is 6.50. The van der Waals surface area contributed by atoms with Crippen molar-refractivity contribution in [1.29, 1.82) is 0 Å². The number of nitrogens with zero attached hydrogens (tertiary/aromatic N) is 1. The molecule has 156 valence electrons. The van der Waals surface area contributed by atoms with Crippen LogP contribution in [0.25, 0.3) is 0 Å². The molecule has 0 radical (unpaired) electrons.